The number of hydrogen-bond acceptors (Lipinski definition) is 8. The smallest absolute Gasteiger partial charge is 0.245 e. The molecule has 5 aromatic rings. The summed E-state index contributed by atoms with van der Waals surface area (Å²) in [5.74, 6) is 1.46. The normalized spacial score (nSPS) is 17.3. The van der Waals surface area contributed by atoms with Gasteiger partial charge in [0, 0.05) is 48.4 Å². The highest BCUT2D eigenvalue weighted by atomic mass is 16.2. The predicted molar refractivity (Wildman–Crippen MR) is 212 cm³/mol. The SMILES string of the molecule is C[C@H](NC(=O)[C@@H](c1ccccc1)N(C)C)C1=NC=C(c2cnc(-c3ccc(-c4cnc([C@@H]5CCCN5C(=O)[C@@H](c5ccccc5)N(C)C)[nH]4)cc3)nc2)C1. The van der Waals surface area contributed by atoms with Crippen LogP contribution in [0.4, 0.5) is 0 Å². The average Bonchev–Trinajstić information content (AvgIpc) is 3.98. The van der Waals surface area contributed by atoms with Crippen LogP contribution in [0, 0.1) is 0 Å². The molecule has 11 heteroatoms. The van der Waals surface area contributed by atoms with Crippen molar-refractivity contribution in [3.05, 3.63) is 132 Å². The number of carbonyl (C=O) groups is 2. The van der Waals surface area contributed by atoms with E-state index in [2.05, 4.69) is 25.3 Å². The number of hydrogen-bond donors (Lipinski definition) is 2. The molecule has 2 amide bonds. The second kappa shape index (κ2) is 16.1. The second-order valence-corrected chi connectivity index (χ2v) is 14.5. The molecule has 1 fully saturated rings. The van der Waals surface area contributed by atoms with Crippen LogP contribution in [-0.4, -0.2) is 92.9 Å². The first kappa shape index (κ1) is 36.6. The van der Waals surface area contributed by atoms with Gasteiger partial charge in [0.25, 0.3) is 0 Å². The summed E-state index contributed by atoms with van der Waals surface area (Å²) >= 11 is 0. The Labute approximate surface area is 316 Å². The van der Waals surface area contributed by atoms with Gasteiger partial charge < -0.3 is 15.2 Å². The Kier molecular flexibility index (Phi) is 10.9. The lowest BCUT2D eigenvalue weighted by Gasteiger charge is -2.31. The highest BCUT2D eigenvalue weighted by Gasteiger charge is 2.37. The van der Waals surface area contributed by atoms with Gasteiger partial charge in [0.1, 0.15) is 17.9 Å². The van der Waals surface area contributed by atoms with Gasteiger partial charge in [-0.2, -0.15) is 0 Å². The molecule has 0 bridgehead atoms. The molecule has 11 nitrogen and oxygen atoms in total. The van der Waals surface area contributed by atoms with Gasteiger partial charge in [-0.05, 0) is 70.2 Å². The van der Waals surface area contributed by atoms with Crippen molar-refractivity contribution in [2.75, 3.05) is 34.7 Å². The summed E-state index contributed by atoms with van der Waals surface area (Å²) < 4.78 is 0. The summed E-state index contributed by atoms with van der Waals surface area (Å²) in [4.78, 5) is 55.3. The maximum atomic E-state index is 13.9. The molecule has 0 radical (unpaired) electrons. The van der Waals surface area contributed by atoms with E-state index in [1.807, 2.05) is 160 Å². The molecule has 7 rings (SSSR count). The lowest BCUT2D eigenvalue weighted by molar-refractivity contribution is -0.137. The molecule has 4 heterocycles. The van der Waals surface area contributed by atoms with Crippen LogP contribution in [0.25, 0.3) is 28.2 Å². The Morgan fingerprint density at radius 3 is 2.02 bits per heavy atom. The predicted octanol–water partition coefficient (Wildman–Crippen LogP) is 6.49. The van der Waals surface area contributed by atoms with Crippen LogP contribution < -0.4 is 5.32 Å². The second-order valence-electron chi connectivity index (χ2n) is 14.5. The number of aliphatic imine (C=N–C) groups is 1. The van der Waals surface area contributed by atoms with E-state index in [-0.39, 0.29) is 29.9 Å². The third kappa shape index (κ3) is 7.78. The van der Waals surface area contributed by atoms with Crippen LogP contribution >= 0.6 is 0 Å². The number of likely N-dealkylation sites (tertiary alicyclic amines) is 1. The number of H-pyrrole nitrogens is 1. The molecule has 2 aliphatic heterocycles. The van der Waals surface area contributed by atoms with E-state index in [9.17, 15) is 9.59 Å². The number of nitrogens with zero attached hydrogens (tertiary/aromatic N) is 7. The van der Waals surface area contributed by atoms with E-state index in [0.717, 1.165) is 63.5 Å². The Balaban J connectivity index is 0.963. The molecule has 0 saturated carbocycles. The van der Waals surface area contributed by atoms with Crippen molar-refractivity contribution >= 4 is 23.1 Å². The number of nitrogens with one attached hydrogen (secondary N) is 2. The fourth-order valence-corrected chi connectivity index (χ4v) is 7.45. The van der Waals surface area contributed by atoms with E-state index in [4.69, 9.17) is 4.98 Å². The van der Waals surface area contributed by atoms with Crippen molar-refractivity contribution in [3.63, 3.8) is 0 Å². The number of aromatic nitrogens is 4. The van der Waals surface area contributed by atoms with E-state index < -0.39 is 6.04 Å². The first-order chi connectivity index (χ1) is 26.2. The first-order valence-corrected chi connectivity index (χ1v) is 18.4. The molecule has 0 unspecified atom stereocenters. The van der Waals surface area contributed by atoms with E-state index in [0.29, 0.717) is 18.8 Å². The minimum Gasteiger partial charge on any atom is -0.347 e. The quantitative estimate of drug-likeness (QED) is 0.151. The van der Waals surface area contributed by atoms with Crippen molar-refractivity contribution < 1.29 is 9.59 Å². The Morgan fingerprint density at radius 1 is 0.778 bits per heavy atom. The molecule has 0 spiro atoms. The third-order valence-corrected chi connectivity index (χ3v) is 10.3. The third-order valence-electron chi connectivity index (χ3n) is 10.3. The van der Waals surface area contributed by atoms with Gasteiger partial charge in [-0.15, -0.1) is 0 Å². The summed E-state index contributed by atoms with van der Waals surface area (Å²) in [6, 6.07) is 26.8. The standard InChI is InChI=1S/C43H47N9O2/c1-28(48-42(53)38(50(2)3)30-13-8-6-9-14-30)35-23-33(24-44-35)34-25-45-40(46-26-34)32-20-18-29(19-21-32)36-27-47-41(49-36)37-17-12-22-52(37)43(54)39(51(4)5)31-15-10-7-11-16-31/h6-11,13-16,18-21,24-28,37-39H,12,17,22-23H2,1-5H3,(H,47,49)(H,48,53)/t28-,37-,38+,39+/m0/s1. The number of carbonyl (C=O) groups excluding carboxylic acids is 2. The van der Waals surface area contributed by atoms with Crippen molar-refractivity contribution in [1.82, 2.24) is 40.0 Å². The Hall–Kier alpha value is -5.78. The first-order valence-electron chi connectivity index (χ1n) is 18.4. The molecule has 2 aromatic heterocycles. The van der Waals surface area contributed by atoms with Gasteiger partial charge >= 0.3 is 0 Å². The van der Waals surface area contributed by atoms with Crippen molar-refractivity contribution in [2.45, 2.75) is 50.4 Å². The van der Waals surface area contributed by atoms with Crippen LogP contribution in [0.15, 0.2) is 115 Å². The molecule has 4 atom stereocenters. The van der Waals surface area contributed by atoms with Gasteiger partial charge in [0.15, 0.2) is 5.82 Å². The van der Waals surface area contributed by atoms with Crippen LogP contribution in [0.1, 0.15) is 66.8 Å². The zero-order valence-electron chi connectivity index (χ0n) is 31.5. The van der Waals surface area contributed by atoms with Gasteiger partial charge in [0.2, 0.25) is 11.8 Å². The highest BCUT2D eigenvalue weighted by Crippen LogP contribution is 2.35. The number of imidazole rings is 1. The lowest BCUT2D eigenvalue weighted by Crippen LogP contribution is -2.44. The van der Waals surface area contributed by atoms with Gasteiger partial charge in [-0.3, -0.25) is 24.4 Å². The van der Waals surface area contributed by atoms with Crippen molar-refractivity contribution in [3.8, 4) is 22.6 Å². The number of aromatic amines is 1. The zero-order chi connectivity index (χ0) is 37.8. The number of amides is 2. The molecule has 2 aliphatic rings. The van der Waals surface area contributed by atoms with E-state index >= 15 is 0 Å². The molecule has 2 N–H and O–H groups in total. The van der Waals surface area contributed by atoms with Crippen molar-refractivity contribution in [2.24, 2.45) is 4.99 Å². The summed E-state index contributed by atoms with van der Waals surface area (Å²) in [5, 5.41) is 3.16. The summed E-state index contributed by atoms with van der Waals surface area (Å²) in [7, 11) is 7.72. The lowest BCUT2D eigenvalue weighted by atomic mass is 10.0. The molecule has 54 heavy (non-hydrogen) atoms. The fraction of sp³-hybridized carbons (Fsp3) is 0.302. The average molecular weight is 722 g/mol. The van der Waals surface area contributed by atoms with Gasteiger partial charge in [-0.25, -0.2) is 15.0 Å². The molecule has 276 valence electrons. The molecular weight excluding hydrogens is 675 g/mol. The Morgan fingerprint density at radius 2 is 1.39 bits per heavy atom. The van der Waals surface area contributed by atoms with E-state index in [1.165, 1.54) is 0 Å². The number of allylic oxidation sites excluding steroid dienone is 1. The van der Waals surface area contributed by atoms with Gasteiger partial charge in [-0.1, -0.05) is 84.9 Å². The molecule has 1 saturated heterocycles. The minimum absolute atomic E-state index is 0.0636. The number of likely N-dealkylation sites (N-methyl/N-ethyl adjacent to an activating group) is 2. The van der Waals surface area contributed by atoms with Crippen LogP contribution in [0.5, 0.6) is 0 Å². The van der Waals surface area contributed by atoms with E-state index in [1.54, 1.807) is 0 Å². The number of benzene rings is 3. The maximum Gasteiger partial charge on any atom is 0.245 e. The van der Waals surface area contributed by atoms with Crippen molar-refractivity contribution in [1.29, 1.82) is 0 Å². The Bertz CT molecular complexity index is 2130. The zero-order valence-corrected chi connectivity index (χ0v) is 31.5. The van der Waals surface area contributed by atoms with Gasteiger partial charge in [0.05, 0.1) is 24.0 Å². The monoisotopic (exact) mass is 721 g/mol. The maximum absolute atomic E-state index is 13.9. The topological polar surface area (TPSA) is 123 Å². The largest absolute Gasteiger partial charge is 0.347 e. The number of rotatable bonds is 12. The molecule has 0 aliphatic carbocycles. The summed E-state index contributed by atoms with van der Waals surface area (Å²) in [6.07, 6.45) is 9.76. The summed E-state index contributed by atoms with van der Waals surface area (Å²) in [5.41, 5.74) is 7.51. The van der Waals surface area contributed by atoms with Crippen LogP contribution in [-0.2, 0) is 9.59 Å². The molecular formula is C43H47N9O2. The highest BCUT2D eigenvalue weighted by molar-refractivity contribution is 6.03. The van der Waals surface area contributed by atoms with Crippen LogP contribution in [0.2, 0.25) is 0 Å². The minimum atomic E-state index is -0.392. The molecule has 3 aromatic carbocycles. The fourth-order valence-electron chi connectivity index (χ4n) is 7.45. The van der Waals surface area contributed by atoms with Crippen LogP contribution in [0.3, 0.4) is 0 Å². The summed E-state index contributed by atoms with van der Waals surface area (Å²) in [6.45, 7) is 2.68.